The van der Waals surface area contributed by atoms with Crippen molar-refractivity contribution in [3.8, 4) is 0 Å². The molecule has 0 radical (unpaired) electrons. The molecule has 1 saturated heterocycles. The van der Waals surface area contributed by atoms with E-state index in [0.29, 0.717) is 0 Å². The fourth-order valence-electron chi connectivity index (χ4n) is 3.78. The highest BCUT2D eigenvalue weighted by Crippen LogP contribution is 2.29. The number of hydrogen-bond acceptors (Lipinski definition) is 3. The lowest BCUT2D eigenvalue weighted by atomic mass is 9.86. The molecule has 5 nitrogen and oxygen atoms in total. The van der Waals surface area contributed by atoms with Gasteiger partial charge in [0, 0.05) is 18.8 Å². The van der Waals surface area contributed by atoms with Crippen molar-refractivity contribution in [2.75, 3.05) is 18.0 Å². The fourth-order valence-corrected chi connectivity index (χ4v) is 3.78. The lowest BCUT2D eigenvalue weighted by Crippen LogP contribution is -2.66. The number of nitrogens with one attached hydrogen (secondary N) is 2. The third kappa shape index (κ3) is 3.70. The van der Waals surface area contributed by atoms with Gasteiger partial charge in [-0.2, -0.15) is 0 Å². The molecule has 1 aliphatic heterocycles. The number of amides is 2. The van der Waals surface area contributed by atoms with Gasteiger partial charge in [-0.25, -0.2) is 0 Å². The van der Waals surface area contributed by atoms with Crippen molar-refractivity contribution in [1.82, 2.24) is 10.6 Å². The van der Waals surface area contributed by atoms with Crippen LogP contribution in [-0.2, 0) is 9.59 Å². The highest BCUT2D eigenvalue weighted by Gasteiger charge is 2.41. The van der Waals surface area contributed by atoms with Crippen molar-refractivity contribution in [3.63, 3.8) is 0 Å². The number of benzene rings is 1. The van der Waals surface area contributed by atoms with Gasteiger partial charge in [-0.05, 0) is 63.3 Å². The zero-order valence-electron chi connectivity index (χ0n) is 15.1. The zero-order valence-corrected chi connectivity index (χ0v) is 15.1. The van der Waals surface area contributed by atoms with Crippen LogP contribution in [0.25, 0.3) is 6.08 Å². The summed E-state index contributed by atoms with van der Waals surface area (Å²) in [5.41, 5.74) is 1.66. The second-order valence-corrected chi connectivity index (χ2v) is 6.87. The molecule has 3 rings (SSSR count). The molecule has 1 aliphatic carbocycles. The number of anilines is 1. The Labute approximate surface area is 149 Å². The van der Waals surface area contributed by atoms with E-state index in [9.17, 15) is 9.59 Å². The van der Waals surface area contributed by atoms with Crippen LogP contribution in [0.15, 0.2) is 29.8 Å². The summed E-state index contributed by atoms with van der Waals surface area (Å²) in [6.07, 6.45) is 6.53. The van der Waals surface area contributed by atoms with Crippen LogP contribution in [-0.4, -0.2) is 30.6 Å². The van der Waals surface area contributed by atoms with Crippen LogP contribution in [0.4, 0.5) is 5.69 Å². The first kappa shape index (κ1) is 17.5. The first-order valence-electron chi connectivity index (χ1n) is 9.28. The Morgan fingerprint density at radius 3 is 2.04 bits per heavy atom. The van der Waals surface area contributed by atoms with Crippen molar-refractivity contribution in [2.45, 2.75) is 51.6 Å². The van der Waals surface area contributed by atoms with E-state index in [0.717, 1.165) is 56.4 Å². The van der Waals surface area contributed by atoms with Gasteiger partial charge in [-0.3, -0.25) is 9.59 Å². The second kappa shape index (κ2) is 7.30. The largest absolute Gasteiger partial charge is 0.372 e. The monoisotopic (exact) mass is 341 g/mol. The van der Waals surface area contributed by atoms with Gasteiger partial charge in [-0.15, -0.1) is 0 Å². The Kier molecular flexibility index (Phi) is 5.11. The van der Waals surface area contributed by atoms with Gasteiger partial charge in [0.2, 0.25) is 0 Å². The van der Waals surface area contributed by atoms with Crippen LogP contribution >= 0.6 is 0 Å². The van der Waals surface area contributed by atoms with E-state index in [1.165, 1.54) is 0 Å². The molecule has 1 spiro atoms. The van der Waals surface area contributed by atoms with Crippen LogP contribution in [0, 0.1) is 0 Å². The van der Waals surface area contributed by atoms with Crippen molar-refractivity contribution in [3.05, 3.63) is 35.4 Å². The molecule has 0 unspecified atom stereocenters. The Morgan fingerprint density at radius 1 is 0.960 bits per heavy atom. The van der Waals surface area contributed by atoms with E-state index in [1.807, 2.05) is 24.3 Å². The fraction of sp³-hybridized carbons (Fsp3) is 0.500. The highest BCUT2D eigenvalue weighted by molar-refractivity contribution is 6.23. The lowest BCUT2D eigenvalue weighted by molar-refractivity contribution is -0.131. The molecular weight excluding hydrogens is 314 g/mol. The second-order valence-electron chi connectivity index (χ2n) is 6.87. The summed E-state index contributed by atoms with van der Waals surface area (Å²) in [5.74, 6) is -0.531. The summed E-state index contributed by atoms with van der Waals surface area (Å²) in [6.45, 7) is 6.14. The number of carbonyl (C=O) groups excluding carboxylic acids is 2. The maximum Gasteiger partial charge on any atom is 0.258 e. The maximum atomic E-state index is 12.5. The van der Waals surface area contributed by atoms with E-state index < -0.39 is 5.66 Å². The van der Waals surface area contributed by atoms with Gasteiger partial charge >= 0.3 is 0 Å². The van der Waals surface area contributed by atoms with Gasteiger partial charge in [0.25, 0.3) is 11.8 Å². The average molecular weight is 341 g/mol. The molecule has 1 saturated carbocycles. The summed E-state index contributed by atoms with van der Waals surface area (Å²) in [5, 5.41) is 6.07. The molecule has 2 N–H and O–H groups in total. The average Bonchev–Trinajstić information content (AvgIpc) is 2.61. The quantitative estimate of drug-likeness (QED) is 0.654. The van der Waals surface area contributed by atoms with Crippen LogP contribution in [0.1, 0.15) is 51.5 Å². The molecule has 2 fully saturated rings. The van der Waals surface area contributed by atoms with Crippen molar-refractivity contribution in [2.24, 2.45) is 0 Å². The van der Waals surface area contributed by atoms with E-state index in [2.05, 4.69) is 29.4 Å². The normalized spacial score (nSPS) is 19.4. The molecule has 0 bridgehead atoms. The molecule has 1 heterocycles. The van der Waals surface area contributed by atoms with E-state index in [4.69, 9.17) is 0 Å². The molecule has 5 heteroatoms. The molecular formula is C20H27N3O2. The van der Waals surface area contributed by atoms with Gasteiger partial charge < -0.3 is 15.5 Å². The molecule has 1 aromatic rings. The number of rotatable bonds is 4. The summed E-state index contributed by atoms with van der Waals surface area (Å²) in [6, 6.07) is 7.96. The SMILES string of the molecule is CCN(CC)c1ccc(C=C2C(=O)NC3(CCCCC3)NC2=O)cc1. The first-order chi connectivity index (χ1) is 12.1. The minimum Gasteiger partial charge on any atom is -0.372 e. The topological polar surface area (TPSA) is 61.4 Å². The van der Waals surface area contributed by atoms with E-state index >= 15 is 0 Å². The number of carbonyl (C=O) groups is 2. The summed E-state index contributed by atoms with van der Waals surface area (Å²) in [4.78, 5) is 27.3. The Bertz CT molecular complexity index is 647. The van der Waals surface area contributed by atoms with E-state index in [1.54, 1.807) is 6.08 Å². The summed E-state index contributed by atoms with van der Waals surface area (Å²) < 4.78 is 0. The summed E-state index contributed by atoms with van der Waals surface area (Å²) in [7, 11) is 0. The minimum absolute atomic E-state index is 0.187. The van der Waals surface area contributed by atoms with Crippen LogP contribution in [0.5, 0.6) is 0 Å². The van der Waals surface area contributed by atoms with Gasteiger partial charge in [0.15, 0.2) is 0 Å². The predicted molar refractivity (Wildman–Crippen MR) is 100 cm³/mol. The van der Waals surface area contributed by atoms with E-state index in [-0.39, 0.29) is 17.4 Å². The maximum absolute atomic E-state index is 12.5. The van der Waals surface area contributed by atoms with Crippen molar-refractivity contribution < 1.29 is 9.59 Å². The Hall–Kier alpha value is -2.30. The molecule has 0 atom stereocenters. The highest BCUT2D eigenvalue weighted by atomic mass is 16.2. The van der Waals surface area contributed by atoms with Crippen molar-refractivity contribution in [1.29, 1.82) is 0 Å². The third-order valence-corrected chi connectivity index (χ3v) is 5.23. The minimum atomic E-state index is -0.531. The molecule has 1 aromatic carbocycles. The van der Waals surface area contributed by atoms with Crippen LogP contribution < -0.4 is 15.5 Å². The summed E-state index contributed by atoms with van der Waals surface area (Å²) >= 11 is 0. The number of hydrogen-bond donors (Lipinski definition) is 2. The molecule has 2 amide bonds. The lowest BCUT2D eigenvalue weighted by Gasteiger charge is -2.42. The first-order valence-corrected chi connectivity index (χ1v) is 9.28. The molecule has 0 aromatic heterocycles. The standard InChI is InChI=1S/C20H27N3O2/c1-3-23(4-2)16-10-8-15(9-11-16)14-17-18(24)21-20(22-19(17)25)12-6-5-7-13-20/h8-11,14H,3-7,12-13H2,1-2H3,(H,21,24)(H,22,25). The van der Waals surface area contributed by atoms with Gasteiger partial charge in [0.1, 0.15) is 11.2 Å². The molecule has 25 heavy (non-hydrogen) atoms. The van der Waals surface area contributed by atoms with Crippen LogP contribution in [0.3, 0.4) is 0 Å². The molecule has 2 aliphatic rings. The Balaban J connectivity index is 1.77. The Morgan fingerprint density at radius 2 is 1.52 bits per heavy atom. The smallest absolute Gasteiger partial charge is 0.258 e. The number of nitrogens with zero attached hydrogens (tertiary/aromatic N) is 1. The van der Waals surface area contributed by atoms with Crippen molar-refractivity contribution >= 4 is 23.6 Å². The van der Waals surface area contributed by atoms with Gasteiger partial charge in [-0.1, -0.05) is 18.6 Å². The third-order valence-electron chi connectivity index (χ3n) is 5.23. The predicted octanol–water partition coefficient (Wildman–Crippen LogP) is 2.82. The van der Waals surface area contributed by atoms with Crippen LogP contribution in [0.2, 0.25) is 0 Å². The molecule has 134 valence electrons. The zero-order chi connectivity index (χ0) is 17.9. The van der Waals surface area contributed by atoms with Gasteiger partial charge in [0.05, 0.1) is 0 Å².